The van der Waals surface area contributed by atoms with Crippen LogP contribution >= 0.6 is 0 Å². The van der Waals surface area contributed by atoms with Gasteiger partial charge in [0.25, 0.3) is 0 Å². The van der Waals surface area contributed by atoms with E-state index in [-0.39, 0.29) is 11.9 Å². The van der Waals surface area contributed by atoms with Crippen molar-refractivity contribution in [1.29, 1.82) is 0 Å². The average Bonchev–Trinajstić information content (AvgIpc) is 2.89. The molecule has 2 aliphatic rings. The normalized spacial score (nSPS) is 27.8. The fourth-order valence-corrected chi connectivity index (χ4v) is 4.00. The second-order valence-electron chi connectivity index (χ2n) is 6.95. The highest BCUT2D eigenvalue weighted by Gasteiger charge is 2.42. The van der Waals surface area contributed by atoms with Gasteiger partial charge in [-0.25, -0.2) is 0 Å². The molecule has 0 radical (unpaired) electrons. The molecule has 0 N–H and O–H groups in total. The standard InChI is InChI=1S/C19H26N2O/c1-20(2)12-6-9-18(22)21-14-15-10-11-17(13-15)19(21)16-7-4-3-5-8-16/h3-9,15,17,19H,10-14H2,1-2H3/b9-6+. The molecule has 2 fully saturated rings. The average molecular weight is 298 g/mol. The summed E-state index contributed by atoms with van der Waals surface area (Å²) >= 11 is 0. The van der Waals surface area contributed by atoms with Gasteiger partial charge < -0.3 is 9.80 Å². The molecule has 3 unspecified atom stereocenters. The second kappa shape index (κ2) is 6.66. The molecule has 1 amide bonds. The predicted octanol–water partition coefficient (Wildman–Crippen LogP) is 3.10. The minimum atomic E-state index is 0.173. The molecule has 1 heterocycles. The largest absolute Gasteiger partial charge is 0.332 e. The first-order valence-electron chi connectivity index (χ1n) is 8.32. The van der Waals surface area contributed by atoms with Crippen LogP contribution in [-0.2, 0) is 4.79 Å². The Kier molecular flexibility index (Phi) is 4.63. The van der Waals surface area contributed by atoms with Crippen LogP contribution in [-0.4, -0.2) is 42.9 Å². The van der Waals surface area contributed by atoms with Crippen molar-refractivity contribution >= 4 is 5.91 Å². The maximum absolute atomic E-state index is 12.7. The zero-order chi connectivity index (χ0) is 15.5. The van der Waals surface area contributed by atoms with E-state index in [1.807, 2.05) is 26.2 Å². The van der Waals surface area contributed by atoms with E-state index in [0.29, 0.717) is 11.8 Å². The predicted molar refractivity (Wildman–Crippen MR) is 89.4 cm³/mol. The molecule has 3 rings (SSSR count). The summed E-state index contributed by atoms with van der Waals surface area (Å²) < 4.78 is 0. The Balaban J connectivity index is 1.80. The Morgan fingerprint density at radius 2 is 2.05 bits per heavy atom. The number of nitrogens with zero attached hydrogens (tertiary/aromatic N) is 2. The fourth-order valence-electron chi connectivity index (χ4n) is 4.00. The zero-order valence-corrected chi connectivity index (χ0v) is 13.6. The van der Waals surface area contributed by atoms with Crippen molar-refractivity contribution in [1.82, 2.24) is 9.80 Å². The summed E-state index contributed by atoms with van der Waals surface area (Å²) in [6.45, 7) is 1.73. The fraction of sp³-hybridized carbons (Fsp3) is 0.526. The van der Waals surface area contributed by atoms with Crippen LogP contribution < -0.4 is 0 Å². The van der Waals surface area contributed by atoms with E-state index in [9.17, 15) is 4.79 Å². The van der Waals surface area contributed by atoms with Gasteiger partial charge in [0.15, 0.2) is 0 Å². The highest BCUT2D eigenvalue weighted by Crippen LogP contribution is 2.47. The first-order chi connectivity index (χ1) is 10.6. The van der Waals surface area contributed by atoms with Crippen molar-refractivity contribution < 1.29 is 4.79 Å². The molecule has 3 atom stereocenters. The van der Waals surface area contributed by atoms with Crippen molar-refractivity contribution in [2.24, 2.45) is 11.8 Å². The first-order valence-corrected chi connectivity index (χ1v) is 8.32. The van der Waals surface area contributed by atoms with Gasteiger partial charge >= 0.3 is 0 Å². The number of hydrogen-bond donors (Lipinski definition) is 0. The lowest BCUT2D eigenvalue weighted by atomic mass is 9.86. The molecule has 1 aliphatic carbocycles. The summed E-state index contributed by atoms with van der Waals surface area (Å²) in [5.74, 6) is 1.51. The number of carbonyl (C=O) groups is 1. The molecule has 3 heteroatoms. The van der Waals surface area contributed by atoms with Gasteiger partial charge in [0.1, 0.15) is 0 Å². The van der Waals surface area contributed by atoms with E-state index in [1.165, 1.54) is 24.8 Å². The highest BCUT2D eigenvalue weighted by molar-refractivity contribution is 5.88. The van der Waals surface area contributed by atoms with Crippen molar-refractivity contribution in [3.63, 3.8) is 0 Å². The smallest absolute Gasteiger partial charge is 0.246 e. The van der Waals surface area contributed by atoms with Gasteiger partial charge in [-0.05, 0) is 50.8 Å². The Morgan fingerprint density at radius 1 is 1.27 bits per heavy atom. The van der Waals surface area contributed by atoms with Gasteiger partial charge in [0.05, 0.1) is 6.04 Å². The zero-order valence-electron chi connectivity index (χ0n) is 13.6. The molecule has 0 aromatic heterocycles. The van der Waals surface area contributed by atoms with E-state index in [1.54, 1.807) is 6.08 Å². The third kappa shape index (κ3) is 3.25. The molecular formula is C19H26N2O. The topological polar surface area (TPSA) is 23.6 Å². The monoisotopic (exact) mass is 298 g/mol. The van der Waals surface area contributed by atoms with Crippen LogP contribution in [0.1, 0.15) is 30.9 Å². The Hall–Kier alpha value is -1.61. The number of likely N-dealkylation sites (N-methyl/N-ethyl adjacent to an activating group) is 1. The van der Waals surface area contributed by atoms with E-state index in [0.717, 1.165) is 13.1 Å². The maximum Gasteiger partial charge on any atom is 0.246 e. The van der Waals surface area contributed by atoms with E-state index in [2.05, 4.69) is 34.1 Å². The lowest BCUT2D eigenvalue weighted by molar-refractivity contribution is -0.131. The summed E-state index contributed by atoms with van der Waals surface area (Å²) in [5.41, 5.74) is 1.29. The summed E-state index contributed by atoms with van der Waals surface area (Å²) in [5, 5.41) is 0. The number of amides is 1. The molecule has 1 saturated carbocycles. The van der Waals surface area contributed by atoms with Crippen LogP contribution in [0.25, 0.3) is 0 Å². The maximum atomic E-state index is 12.7. The lowest BCUT2D eigenvalue weighted by Crippen LogP contribution is -2.42. The van der Waals surface area contributed by atoms with Gasteiger partial charge in [-0.1, -0.05) is 36.4 Å². The first kappa shape index (κ1) is 15.3. The van der Waals surface area contributed by atoms with Crippen LogP contribution in [0.3, 0.4) is 0 Å². The number of benzene rings is 1. The molecule has 3 nitrogen and oxygen atoms in total. The number of carbonyl (C=O) groups excluding carboxylic acids is 1. The third-order valence-corrected chi connectivity index (χ3v) is 4.97. The molecular weight excluding hydrogens is 272 g/mol. The van der Waals surface area contributed by atoms with Gasteiger partial charge in [-0.3, -0.25) is 4.79 Å². The highest BCUT2D eigenvalue weighted by atomic mass is 16.2. The van der Waals surface area contributed by atoms with Crippen LogP contribution in [0.4, 0.5) is 0 Å². The molecule has 118 valence electrons. The Labute approximate surface area is 133 Å². The van der Waals surface area contributed by atoms with Crippen LogP contribution in [0.5, 0.6) is 0 Å². The number of rotatable bonds is 4. The third-order valence-electron chi connectivity index (χ3n) is 4.97. The molecule has 1 aliphatic heterocycles. The van der Waals surface area contributed by atoms with Crippen LogP contribution in [0, 0.1) is 11.8 Å². The van der Waals surface area contributed by atoms with Gasteiger partial charge in [-0.15, -0.1) is 0 Å². The van der Waals surface area contributed by atoms with Gasteiger partial charge in [-0.2, -0.15) is 0 Å². The SMILES string of the molecule is CN(C)C/C=C/C(=O)N1CC2CCC(C2)C1c1ccccc1. The number of hydrogen-bond acceptors (Lipinski definition) is 2. The van der Waals surface area contributed by atoms with Crippen molar-refractivity contribution in [3.8, 4) is 0 Å². The van der Waals surface area contributed by atoms with Crippen LogP contribution in [0.2, 0.25) is 0 Å². The minimum Gasteiger partial charge on any atom is -0.332 e. The second-order valence-corrected chi connectivity index (χ2v) is 6.95. The number of piperidine rings is 1. The molecule has 22 heavy (non-hydrogen) atoms. The summed E-state index contributed by atoms with van der Waals surface area (Å²) in [6.07, 6.45) is 7.56. The quantitative estimate of drug-likeness (QED) is 0.798. The van der Waals surface area contributed by atoms with E-state index in [4.69, 9.17) is 0 Å². The lowest BCUT2D eigenvalue weighted by Gasteiger charge is -2.40. The molecule has 0 spiro atoms. The molecule has 2 bridgehead atoms. The van der Waals surface area contributed by atoms with E-state index >= 15 is 0 Å². The summed E-state index contributed by atoms with van der Waals surface area (Å²) in [4.78, 5) is 16.9. The Bertz CT molecular complexity index is 538. The van der Waals surface area contributed by atoms with Crippen molar-refractivity contribution in [2.75, 3.05) is 27.2 Å². The number of fused-ring (bicyclic) bond motifs is 2. The summed E-state index contributed by atoms with van der Waals surface area (Å²) in [7, 11) is 4.03. The minimum absolute atomic E-state index is 0.173. The molecule has 1 aromatic rings. The molecule has 1 saturated heterocycles. The number of likely N-dealkylation sites (tertiary alicyclic amines) is 1. The van der Waals surface area contributed by atoms with Crippen LogP contribution in [0.15, 0.2) is 42.5 Å². The van der Waals surface area contributed by atoms with Crippen molar-refractivity contribution in [3.05, 3.63) is 48.0 Å². The van der Waals surface area contributed by atoms with Crippen molar-refractivity contribution in [2.45, 2.75) is 25.3 Å². The van der Waals surface area contributed by atoms with E-state index < -0.39 is 0 Å². The van der Waals surface area contributed by atoms with Gasteiger partial charge in [0, 0.05) is 19.2 Å². The molecule has 1 aromatic carbocycles. The van der Waals surface area contributed by atoms with Gasteiger partial charge in [0.2, 0.25) is 5.91 Å². The summed E-state index contributed by atoms with van der Waals surface area (Å²) in [6, 6.07) is 10.8. The Morgan fingerprint density at radius 3 is 2.77 bits per heavy atom.